The first-order chi connectivity index (χ1) is 9.74. The molecular formula is C16H21BrN2O. The molecule has 108 valence electrons. The number of halogens is 1. The third kappa shape index (κ3) is 2.28. The molecule has 3 heterocycles. The molecule has 0 radical (unpaired) electrons. The maximum atomic E-state index is 5.31. The largest absolute Gasteiger partial charge is 0.378 e. The Balaban J connectivity index is 1.33. The summed E-state index contributed by atoms with van der Waals surface area (Å²) in [7, 11) is 0. The molecule has 0 N–H and O–H groups in total. The molecule has 3 nitrogen and oxygen atoms in total. The summed E-state index contributed by atoms with van der Waals surface area (Å²) >= 11 is 3.50. The third-order valence-corrected chi connectivity index (χ3v) is 5.77. The number of ether oxygens (including phenoxy) is 1. The van der Waals surface area contributed by atoms with Crippen molar-refractivity contribution in [3.63, 3.8) is 0 Å². The Morgan fingerprint density at radius 3 is 2.25 bits per heavy atom. The first kappa shape index (κ1) is 13.1. The van der Waals surface area contributed by atoms with Crippen LogP contribution in [0.1, 0.15) is 12.8 Å². The van der Waals surface area contributed by atoms with Gasteiger partial charge in [-0.1, -0.05) is 15.9 Å². The average Bonchev–Trinajstić information content (AvgIpc) is 2.36. The van der Waals surface area contributed by atoms with Crippen molar-refractivity contribution in [3.05, 3.63) is 28.7 Å². The second-order valence-corrected chi connectivity index (χ2v) is 7.48. The van der Waals surface area contributed by atoms with Gasteiger partial charge in [0.05, 0.1) is 19.3 Å². The molecule has 0 aliphatic carbocycles. The van der Waals surface area contributed by atoms with E-state index < -0.39 is 0 Å². The molecule has 4 rings (SSSR count). The second-order valence-electron chi connectivity index (χ2n) is 6.56. The summed E-state index contributed by atoms with van der Waals surface area (Å²) in [5.74, 6) is 0. The molecule has 0 saturated carbocycles. The highest BCUT2D eigenvalue weighted by molar-refractivity contribution is 9.10. The fourth-order valence-electron chi connectivity index (χ4n) is 3.71. The van der Waals surface area contributed by atoms with E-state index in [2.05, 4.69) is 50.0 Å². The molecule has 0 amide bonds. The lowest BCUT2D eigenvalue weighted by molar-refractivity contribution is -0.0838. The van der Waals surface area contributed by atoms with Gasteiger partial charge in [-0.3, -0.25) is 4.90 Å². The van der Waals surface area contributed by atoms with E-state index in [1.165, 1.54) is 44.7 Å². The minimum atomic E-state index is 0.591. The van der Waals surface area contributed by atoms with Crippen LogP contribution in [-0.4, -0.2) is 50.3 Å². The number of likely N-dealkylation sites (tertiary alicyclic amines) is 1. The molecule has 20 heavy (non-hydrogen) atoms. The van der Waals surface area contributed by atoms with Gasteiger partial charge in [0.15, 0.2) is 0 Å². The van der Waals surface area contributed by atoms with Crippen molar-refractivity contribution in [1.82, 2.24) is 4.90 Å². The summed E-state index contributed by atoms with van der Waals surface area (Å²) in [4.78, 5) is 5.16. The summed E-state index contributed by atoms with van der Waals surface area (Å²) in [5, 5.41) is 0. The Hall–Kier alpha value is -0.580. The number of nitrogens with zero attached hydrogens (tertiary/aromatic N) is 2. The summed E-state index contributed by atoms with van der Waals surface area (Å²) in [5.41, 5.74) is 1.96. The number of piperidine rings is 1. The van der Waals surface area contributed by atoms with Crippen molar-refractivity contribution in [1.29, 1.82) is 0 Å². The highest BCUT2D eigenvalue weighted by Crippen LogP contribution is 2.43. The summed E-state index contributed by atoms with van der Waals surface area (Å²) in [6.45, 7) is 6.92. The van der Waals surface area contributed by atoms with Gasteiger partial charge in [-0.2, -0.15) is 0 Å². The van der Waals surface area contributed by atoms with Crippen molar-refractivity contribution in [3.8, 4) is 0 Å². The van der Waals surface area contributed by atoms with Gasteiger partial charge in [0.2, 0.25) is 0 Å². The average molecular weight is 337 g/mol. The van der Waals surface area contributed by atoms with Crippen LogP contribution in [0.4, 0.5) is 5.69 Å². The predicted octanol–water partition coefficient (Wildman–Crippen LogP) is 2.75. The zero-order valence-corrected chi connectivity index (χ0v) is 13.3. The van der Waals surface area contributed by atoms with E-state index in [1.54, 1.807) is 0 Å². The molecule has 0 atom stereocenters. The molecule has 1 aromatic rings. The molecule has 3 saturated heterocycles. The van der Waals surface area contributed by atoms with Crippen LogP contribution < -0.4 is 4.90 Å². The van der Waals surface area contributed by atoms with Crippen LogP contribution >= 0.6 is 15.9 Å². The zero-order valence-electron chi connectivity index (χ0n) is 11.7. The maximum absolute atomic E-state index is 5.31. The van der Waals surface area contributed by atoms with E-state index in [9.17, 15) is 0 Å². The van der Waals surface area contributed by atoms with Gasteiger partial charge in [0, 0.05) is 28.7 Å². The molecular weight excluding hydrogens is 316 g/mol. The molecule has 0 aromatic heterocycles. The quantitative estimate of drug-likeness (QED) is 0.825. The number of anilines is 1. The fraction of sp³-hybridized carbons (Fsp3) is 0.625. The normalized spacial score (nSPS) is 26.4. The highest BCUT2D eigenvalue weighted by Gasteiger charge is 2.46. The van der Waals surface area contributed by atoms with Crippen molar-refractivity contribution in [2.24, 2.45) is 5.41 Å². The van der Waals surface area contributed by atoms with E-state index in [0.717, 1.165) is 23.7 Å². The van der Waals surface area contributed by atoms with Crippen molar-refractivity contribution < 1.29 is 4.74 Å². The van der Waals surface area contributed by atoms with E-state index in [4.69, 9.17) is 4.74 Å². The standard InChI is InChI=1S/C16H21BrN2O/c17-13-1-3-14(4-2-13)19-11-16(12-19)5-7-18(8-6-16)15-9-20-10-15/h1-4,15H,5-12H2. The lowest BCUT2D eigenvalue weighted by atomic mass is 9.71. The van der Waals surface area contributed by atoms with E-state index >= 15 is 0 Å². The second kappa shape index (κ2) is 5.00. The van der Waals surface area contributed by atoms with E-state index in [-0.39, 0.29) is 0 Å². The first-order valence-electron chi connectivity index (χ1n) is 7.57. The number of benzene rings is 1. The first-order valence-corrected chi connectivity index (χ1v) is 8.36. The van der Waals surface area contributed by atoms with Crippen LogP contribution in [0.15, 0.2) is 28.7 Å². The van der Waals surface area contributed by atoms with Crippen LogP contribution in [0, 0.1) is 5.41 Å². The highest BCUT2D eigenvalue weighted by atomic mass is 79.9. The molecule has 1 spiro atoms. The number of hydrogen-bond donors (Lipinski definition) is 0. The molecule has 0 bridgehead atoms. The molecule has 1 aromatic carbocycles. The van der Waals surface area contributed by atoms with E-state index in [0.29, 0.717) is 5.41 Å². The van der Waals surface area contributed by atoms with Crippen LogP contribution in [0.3, 0.4) is 0 Å². The number of rotatable bonds is 2. The van der Waals surface area contributed by atoms with Crippen LogP contribution in [0.5, 0.6) is 0 Å². The molecule has 0 unspecified atom stereocenters. The lowest BCUT2D eigenvalue weighted by Crippen LogP contribution is -2.62. The minimum absolute atomic E-state index is 0.591. The lowest BCUT2D eigenvalue weighted by Gasteiger charge is -2.56. The Labute approximate surface area is 129 Å². The van der Waals surface area contributed by atoms with Gasteiger partial charge < -0.3 is 9.64 Å². The SMILES string of the molecule is Brc1ccc(N2CC3(CCN(C4COC4)CC3)C2)cc1. The van der Waals surface area contributed by atoms with Crippen LogP contribution in [-0.2, 0) is 4.74 Å². The van der Waals surface area contributed by atoms with Gasteiger partial charge in [-0.25, -0.2) is 0 Å². The number of hydrogen-bond acceptors (Lipinski definition) is 3. The zero-order chi connectivity index (χ0) is 13.6. The van der Waals surface area contributed by atoms with Crippen molar-refractivity contribution in [2.75, 3.05) is 44.3 Å². The van der Waals surface area contributed by atoms with Gasteiger partial charge in [0.1, 0.15) is 0 Å². The van der Waals surface area contributed by atoms with Gasteiger partial charge in [-0.05, 0) is 50.2 Å². The maximum Gasteiger partial charge on any atom is 0.0645 e. The molecule has 3 aliphatic heterocycles. The van der Waals surface area contributed by atoms with Gasteiger partial charge in [-0.15, -0.1) is 0 Å². The monoisotopic (exact) mass is 336 g/mol. The van der Waals surface area contributed by atoms with E-state index in [1.807, 2.05) is 0 Å². The molecule has 3 aliphatic rings. The smallest absolute Gasteiger partial charge is 0.0645 e. The van der Waals surface area contributed by atoms with Gasteiger partial charge in [0.25, 0.3) is 0 Å². The summed E-state index contributed by atoms with van der Waals surface area (Å²) in [6.07, 6.45) is 2.72. The minimum Gasteiger partial charge on any atom is -0.378 e. The van der Waals surface area contributed by atoms with Crippen LogP contribution in [0.25, 0.3) is 0 Å². The fourth-order valence-corrected chi connectivity index (χ4v) is 3.98. The van der Waals surface area contributed by atoms with Crippen molar-refractivity contribution >= 4 is 21.6 Å². The van der Waals surface area contributed by atoms with Crippen LogP contribution in [0.2, 0.25) is 0 Å². The Bertz CT molecular complexity index is 470. The Morgan fingerprint density at radius 1 is 1.05 bits per heavy atom. The third-order valence-electron chi connectivity index (χ3n) is 5.24. The van der Waals surface area contributed by atoms with Gasteiger partial charge >= 0.3 is 0 Å². The Morgan fingerprint density at radius 2 is 1.70 bits per heavy atom. The van der Waals surface area contributed by atoms with Crippen molar-refractivity contribution in [2.45, 2.75) is 18.9 Å². The Kier molecular flexibility index (Phi) is 3.28. The summed E-state index contributed by atoms with van der Waals surface area (Å²) in [6, 6.07) is 9.43. The topological polar surface area (TPSA) is 15.7 Å². The summed E-state index contributed by atoms with van der Waals surface area (Å²) < 4.78 is 6.47. The molecule has 3 fully saturated rings. The predicted molar refractivity (Wildman–Crippen MR) is 84.2 cm³/mol. The molecule has 4 heteroatoms.